The summed E-state index contributed by atoms with van der Waals surface area (Å²) in [5.74, 6) is -1.05. The van der Waals surface area contributed by atoms with Crippen molar-refractivity contribution in [1.82, 2.24) is 5.32 Å². The minimum absolute atomic E-state index is 0.176. The Hall–Kier alpha value is -0.880. The Morgan fingerprint density at radius 2 is 1.89 bits per heavy atom. The van der Waals surface area contributed by atoms with Crippen LogP contribution in [0, 0.1) is 10.8 Å². The third-order valence-corrected chi connectivity index (χ3v) is 5.34. The standard InChI is InChI=1S/C13H18BrNO3S/c1-12(2,13(3,4)11(17)18)7-15-10(16)8-5-6-9(14)19-8/h5-6H,7H2,1-4H3,(H,15,16)(H,17,18). The Morgan fingerprint density at radius 3 is 2.32 bits per heavy atom. The Balaban J connectivity index is 2.71. The Bertz CT molecular complexity index is 494. The van der Waals surface area contributed by atoms with Crippen molar-refractivity contribution in [3.05, 3.63) is 20.8 Å². The number of rotatable bonds is 5. The van der Waals surface area contributed by atoms with Crippen molar-refractivity contribution in [3.63, 3.8) is 0 Å². The van der Waals surface area contributed by atoms with Crippen molar-refractivity contribution in [3.8, 4) is 0 Å². The SMILES string of the molecule is CC(C)(CNC(=O)c1ccc(Br)s1)C(C)(C)C(=O)O. The zero-order valence-corrected chi connectivity index (χ0v) is 13.8. The molecule has 1 rings (SSSR count). The molecular formula is C13H18BrNO3S. The van der Waals surface area contributed by atoms with Gasteiger partial charge in [0.15, 0.2) is 0 Å². The van der Waals surface area contributed by atoms with E-state index in [1.807, 2.05) is 19.9 Å². The second-order valence-corrected chi connectivity index (χ2v) is 8.06. The van der Waals surface area contributed by atoms with Gasteiger partial charge < -0.3 is 10.4 Å². The fourth-order valence-corrected chi connectivity index (χ4v) is 2.64. The highest BCUT2D eigenvalue weighted by Gasteiger charge is 2.43. The number of aliphatic carboxylic acids is 1. The van der Waals surface area contributed by atoms with E-state index in [2.05, 4.69) is 21.2 Å². The van der Waals surface area contributed by atoms with Crippen molar-refractivity contribution in [2.24, 2.45) is 10.8 Å². The summed E-state index contributed by atoms with van der Waals surface area (Å²) < 4.78 is 0.891. The summed E-state index contributed by atoms with van der Waals surface area (Å²) in [4.78, 5) is 23.8. The van der Waals surface area contributed by atoms with Gasteiger partial charge in [0.05, 0.1) is 14.1 Å². The maximum absolute atomic E-state index is 11.9. The molecule has 6 heteroatoms. The zero-order chi connectivity index (χ0) is 14.8. The van der Waals surface area contributed by atoms with Gasteiger partial charge in [0, 0.05) is 6.54 Å². The highest BCUT2D eigenvalue weighted by atomic mass is 79.9. The van der Waals surface area contributed by atoms with E-state index in [9.17, 15) is 14.7 Å². The molecule has 1 amide bonds. The quantitative estimate of drug-likeness (QED) is 0.857. The van der Waals surface area contributed by atoms with Crippen molar-refractivity contribution >= 4 is 39.1 Å². The van der Waals surface area contributed by atoms with E-state index in [4.69, 9.17) is 0 Å². The molecule has 0 bridgehead atoms. The summed E-state index contributed by atoms with van der Waals surface area (Å²) in [6.45, 7) is 7.32. The van der Waals surface area contributed by atoms with E-state index in [-0.39, 0.29) is 5.91 Å². The highest BCUT2D eigenvalue weighted by Crippen LogP contribution is 2.38. The van der Waals surface area contributed by atoms with Gasteiger partial charge in [0.2, 0.25) is 0 Å². The first-order chi connectivity index (χ1) is 8.58. The molecule has 1 aromatic heterocycles. The first-order valence-electron chi connectivity index (χ1n) is 5.85. The lowest BCUT2D eigenvalue weighted by molar-refractivity contribution is -0.153. The molecule has 0 atom stereocenters. The molecule has 0 saturated heterocycles. The van der Waals surface area contributed by atoms with Crippen LogP contribution in [0.25, 0.3) is 0 Å². The van der Waals surface area contributed by atoms with E-state index in [0.29, 0.717) is 11.4 Å². The topological polar surface area (TPSA) is 66.4 Å². The number of thiophene rings is 1. The molecule has 0 aliphatic carbocycles. The van der Waals surface area contributed by atoms with Gasteiger partial charge in [-0.2, -0.15) is 0 Å². The highest BCUT2D eigenvalue weighted by molar-refractivity contribution is 9.11. The summed E-state index contributed by atoms with van der Waals surface area (Å²) in [6.07, 6.45) is 0. The first-order valence-corrected chi connectivity index (χ1v) is 7.46. The van der Waals surface area contributed by atoms with Crippen LogP contribution in [0.1, 0.15) is 37.4 Å². The third kappa shape index (κ3) is 3.57. The van der Waals surface area contributed by atoms with E-state index in [0.717, 1.165) is 3.79 Å². The lowest BCUT2D eigenvalue weighted by Gasteiger charge is -2.38. The summed E-state index contributed by atoms with van der Waals surface area (Å²) in [6, 6.07) is 3.55. The Kier molecular flexibility index (Phi) is 4.79. The number of carboxylic acids is 1. The van der Waals surface area contributed by atoms with E-state index in [1.54, 1.807) is 19.9 Å². The summed E-state index contributed by atoms with van der Waals surface area (Å²) in [5.41, 5.74) is -1.47. The number of hydrogen-bond acceptors (Lipinski definition) is 3. The molecule has 4 nitrogen and oxygen atoms in total. The summed E-state index contributed by atoms with van der Waals surface area (Å²) in [5, 5.41) is 12.0. The van der Waals surface area contributed by atoms with E-state index >= 15 is 0 Å². The molecule has 0 saturated carbocycles. The molecule has 0 unspecified atom stereocenters. The van der Waals surface area contributed by atoms with E-state index in [1.165, 1.54) is 11.3 Å². The minimum Gasteiger partial charge on any atom is -0.481 e. The number of carboxylic acid groups (broad SMARTS) is 1. The Morgan fingerprint density at radius 1 is 1.32 bits per heavy atom. The number of halogens is 1. The van der Waals surface area contributed by atoms with Gasteiger partial charge in [-0.15, -0.1) is 11.3 Å². The molecule has 0 radical (unpaired) electrons. The van der Waals surface area contributed by atoms with Crippen molar-refractivity contribution in [1.29, 1.82) is 0 Å². The number of hydrogen-bond donors (Lipinski definition) is 2. The monoisotopic (exact) mass is 347 g/mol. The van der Waals surface area contributed by atoms with Crippen LogP contribution in [0.4, 0.5) is 0 Å². The number of carbonyl (C=O) groups is 2. The average molecular weight is 348 g/mol. The fraction of sp³-hybridized carbons (Fsp3) is 0.538. The maximum atomic E-state index is 11.9. The van der Waals surface area contributed by atoms with Crippen LogP contribution < -0.4 is 5.32 Å². The molecule has 0 aliphatic rings. The first kappa shape index (κ1) is 16.2. The van der Waals surface area contributed by atoms with Gasteiger partial charge in [-0.1, -0.05) is 13.8 Å². The van der Waals surface area contributed by atoms with Crippen LogP contribution in [0.3, 0.4) is 0 Å². The molecule has 0 fully saturated rings. The maximum Gasteiger partial charge on any atom is 0.309 e. The van der Waals surface area contributed by atoms with Crippen molar-refractivity contribution in [2.45, 2.75) is 27.7 Å². The normalized spacial score (nSPS) is 12.3. The van der Waals surface area contributed by atoms with Crippen LogP contribution in [0.15, 0.2) is 15.9 Å². The molecule has 0 spiro atoms. The Labute approximate surface area is 125 Å². The van der Waals surface area contributed by atoms with Gasteiger partial charge in [-0.25, -0.2) is 0 Å². The summed E-state index contributed by atoms with van der Waals surface area (Å²) >= 11 is 4.65. The molecule has 1 aromatic rings. The lowest BCUT2D eigenvalue weighted by atomic mass is 9.68. The van der Waals surface area contributed by atoms with Crippen LogP contribution >= 0.6 is 27.3 Å². The van der Waals surface area contributed by atoms with Crippen LogP contribution in [-0.2, 0) is 4.79 Å². The minimum atomic E-state index is -0.920. The molecule has 0 aliphatic heterocycles. The molecule has 1 heterocycles. The van der Waals surface area contributed by atoms with Crippen molar-refractivity contribution < 1.29 is 14.7 Å². The van der Waals surface area contributed by atoms with Crippen LogP contribution in [-0.4, -0.2) is 23.5 Å². The van der Waals surface area contributed by atoms with Gasteiger partial charge >= 0.3 is 5.97 Å². The molecule has 19 heavy (non-hydrogen) atoms. The van der Waals surface area contributed by atoms with Crippen molar-refractivity contribution in [2.75, 3.05) is 6.54 Å². The smallest absolute Gasteiger partial charge is 0.309 e. The molecule has 2 N–H and O–H groups in total. The predicted octanol–water partition coefficient (Wildman–Crippen LogP) is 3.38. The number of amides is 1. The molecular weight excluding hydrogens is 330 g/mol. The average Bonchev–Trinajstić information content (AvgIpc) is 2.72. The number of nitrogens with one attached hydrogen (secondary N) is 1. The van der Waals surface area contributed by atoms with Crippen LogP contribution in [0.2, 0.25) is 0 Å². The zero-order valence-electron chi connectivity index (χ0n) is 11.4. The second-order valence-electron chi connectivity index (χ2n) is 5.60. The van der Waals surface area contributed by atoms with Crippen LogP contribution in [0.5, 0.6) is 0 Å². The van der Waals surface area contributed by atoms with Gasteiger partial charge in [-0.05, 0) is 47.3 Å². The van der Waals surface area contributed by atoms with E-state index < -0.39 is 16.8 Å². The van der Waals surface area contributed by atoms with Gasteiger partial charge in [0.1, 0.15) is 0 Å². The lowest BCUT2D eigenvalue weighted by Crippen LogP contribution is -2.47. The molecule has 106 valence electrons. The largest absolute Gasteiger partial charge is 0.481 e. The predicted molar refractivity (Wildman–Crippen MR) is 79.6 cm³/mol. The second kappa shape index (κ2) is 5.63. The summed E-state index contributed by atoms with van der Waals surface area (Å²) in [7, 11) is 0. The fourth-order valence-electron chi connectivity index (χ4n) is 1.34. The van der Waals surface area contributed by atoms with Gasteiger partial charge in [0.25, 0.3) is 5.91 Å². The number of carbonyl (C=O) groups excluding carboxylic acids is 1. The molecule has 0 aromatic carbocycles. The van der Waals surface area contributed by atoms with Gasteiger partial charge in [-0.3, -0.25) is 9.59 Å². The third-order valence-electron chi connectivity index (χ3n) is 3.71.